The zero-order valence-electron chi connectivity index (χ0n) is 11.1. The summed E-state index contributed by atoms with van der Waals surface area (Å²) in [5, 5.41) is 3.36. The summed E-state index contributed by atoms with van der Waals surface area (Å²) in [7, 11) is 0. The molecule has 0 heterocycles. The van der Waals surface area contributed by atoms with Crippen LogP contribution in [0.25, 0.3) is 0 Å². The van der Waals surface area contributed by atoms with Gasteiger partial charge in [0.15, 0.2) is 0 Å². The maximum absolute atomic E-state index is 11.8. The van der Waals surface area contributed by atoms with Crippen LogP contribution in [-0.4, -0.2) is 18.6 Å². The first-order chi connectivity index (χ1) is 9.56. The molecule has 1 aliphatic carbocycles. The van der Waals surface area contributed by atoms with Crippen LogP contribution in [0.4, 0.5) is 11.4 Å². The Morgan fingerprint density at radius 3 is 2.50 bits per heavy atom. The van der Waals surface area contributed by atoms with E-state index in [0.717, 1.165) is 12.8 Å². The number of carbonyl (C=O) groups is 1. The summed E-state index contributed by atoms with van der Waals surface area (Å²) in [6, 6.07) is 3.11. The fourth-order valence-electron chi connectivity index (χ4n) is 2.29. The maximum atomic E-state index is 11.8. The third kappa shape index (κ3) is 4.27. The second kappa shape index (κ2) is 7.16. The Hall–Kier alpha value is -0.970. The molecule has 0 bridgehead atoms. The number of ether oxygens (including phenoxy) is 1. The first-order valence-corrected chi connectivity index (χ1v) is 7.48. The lowest BCUT2D eigenvalue weighted by Gasteiger charge is -2.12. The van der Waals surface area contributed by atoms with Crippen molar-refractivity contribution in [1.29, 1.82) is 0 Å². The normalized spacial score (nSPS) is 15.5. The molecule has 1 aromatic carbocycles. The van der Waals surface area contributed by atoms with Gasteiger partial charge in [0.25, 0.3) is 0 Å². The third-order valence-electron chi connectivity index (χ3n) is 3.31. The van der Waals surface area contributed by atoms with Crippen LogP contribution in [0.5, 0.6) is 0 Å². The van der Waals surface area contributed by atoms with Gasteiger partial charge in [0.2, 0.25) is 5.91 Å². The SMILES string of the molecule is Nc1cc(Cl)c(NC(=O)CCOC2CCCC2)c(Cl)c1. The van der Waals surface area contributed by atoms with Crippen molar-refractivity contribution in [3.05, 3.63) is 22.2 Å². The molecule has 110 valence electrons. The molecule has 0 aromatic heterocycles. The topological polar surface area (TPSA) is 64.3 Å². The van der Waals surface area contributed by atoms with E-state index in [1.807, 2.05) is 0 Å². The van der Waals surface area contributed by atoms with Gasteiger partial charge in [-0.15, -0.1) is 0 Å². The summed E-state index contributed by atoms with van der Waals surface area (Å²) >= 11 is 12.0. The molecule has 6 heteroatoms. The monoisotopic (exact) mass is 316 g/mol. The van der Waals surface area contributed by atoms with Crippen LogP contribution in [-0.2, 0) is 9.53 Å². The van der Waals surface area contributed by atoms with Gasteiger partial charge in [0.1, 0.15) is 0 Å². The summed E-state index contributed by atoms with van der Waals surface area (Å²) in [5.41, 5.74) is 6.46. The van der Waals surface area contributed by atoms with Gasteiger partial charge in [-0.25, -0.2) is 0 Å². The van der Waals surface area contributed by atoms with E-state index in [4.69, 9.17) is 33.7 Å². The smallest absolute Gasteiger partial charge is 0.226 e. The fraction of sp³-hybridized carbons (Fsp3) is 0.500. The van der Waals surface area contributed by atoms with Gasteiger partial charge < -0.3 is 15.8 Å². The van der Waals surface area contributed by atoms with Gasteiger partial charge in [-0.3, -0.25) is 4.79 Å². The maximum Gasteiger partial charge on any atom is 0.226 e. The standard InChI is InChI=1S/C14H18Cl2N2O2/c15-11-7-9(17)8-12(16)14(11)18-13(19)5-6-20-10-3-1-2-4-10/h7-8,10H,1-6,17H2,(H,18,19). The molecule has 1 fully saturated rings. The molecule has 1 aromatic rings. The second-order valence-corrected chi connectivity index (χ2v) is 5.75. The molecule has 0 saturated heterocycles. The molecule has 0 spiro atoms. The quantitative estimate of drug-likeness (QED) is 0.810. The molecule has 1 amide bonds. The minimum absolute atomic E-state index is 0.170. The molecule has 0 unspecified atom stereocenters. The van der Waals surface area contributed by atoms with E-state index in [0.29, 0.717) is 34.1 Å². The summed E-state index contributed by atoms with van der Waals surface area (Å²) in [4.78, 5) is 11.8. The largest absolute Gasteiger partial charge is 0.399 e. The first kappa shape index (κ1) is 15.4. The van der Waals surface area contributed by atoms with E-state index in [2.05, 4.69) is 5.32 Å². The highest BCUT2D eigenvalue weighted by atomic mass is 35.5. The van der Waals surface area contributed by atoms with E-state index in [1.165, 1.54) is 12.8 Å². The number of hydrogen-bond donors (Lipinski definition) is 2. The van der Waals surface area contributed by atoms with Crippen molar-refractivity contribution in [3.63, 3.8) is 0 Å². The van der Waals surface area contributed by atoms with E-state index >= 15 is 0 Å². The second-order valence-electron chi connectivity index (χ2n) is 4.93. The minimum atomic E-state index is -0.170. The van der Waals surface area contributed by atoms with Crippen LogP contribution in [0.2, 0.25) is 10.0 Å². The van der Waals surface area contributed by atoms with E-state index in [9.17, 15) is 4.79 Å². The van der Waals surface area contributed by atoms with Crippen molar-refractivity contribution in [2.75, 3.05) is 17.7 Å². The molecule has 1 aliphatic rings. The van der Waals surface area contributed by atoms with Gasteiger partial charge in [-0.2, -0.15) is 0 Å². The molecular formula is C14H18Cl2N2O2. The Balaban J connectivity index is 1.82. The van der Waals surface area contributed by atoms with Crippen LogP contribution in [0.15, 0.2) is 12.1 Å². The number of hydrogen-bond acceptors (Lipinski definition) is 3. The van der Waals surface area contributed by atoms with Crippen molar-refractivity contribution in [2.45, 2.75) is 38.2 Å². The number of benzene rings is 1. The Labute approximate surface area is 128 Å². The van der Waals surface area contributed by atoms with Gasteiger partial charge in [0.05, 0.1) is 34.9 Å². The average Bonchev–Trinajstić information content (AvgIpc) is 2.87. The van der Waals surface area contributed by atoms with Crippen LogP contribution in [0.3, 0.4) is 0 Å². The van der Waals surface area contributed by atoms with Crippen LogP contribution < -0.4 is 11.1 Å². The summed E-state index contributed by atoms with van der Waals surface area (Å²) < 4.78 is 5.64. The highest BCUT2D eigenvalue weighted by Crippen LogP contribution is 2.32. The third-order valence-corrected chi connectivity index (χ3v) is 3.91. The van der Waals surface area contributed by atoms with E-state index in [-0.39, 0.29) is 12.3 Å². The van der Waals surface area contributed by atoms with Crippen molar-refractivity contribution in [1.82, 2.24) is 0 Å². The van der Waals surface area contributed by atoms with Crippen LogP contribution in [0.1, 0.15) is 32.1 Å². The van der Waals surface area contributed by atoms with Gasteiger partial charge in [-0.1, -0.05) is 36.0 Å². The van der Waals surface area contributed by atoms with E-state index < -0.39 is 0 Å². The van der Waals surface area contributed by atoms with Gasteiger partial charge in [-0.05, 0) is 25.0 Å². The molecule has 0 radical (unpaired) electrons. The molecule has 1 saturated carbocycles. The zero-order chi connectivity index (χ0) is 14.5. The molecule has 20 heavy (non-hydrogen) atoms. The number of nitrogen functional groups attached to an aromatic ring is 1. The highest BCUT2D eigenvalue weighted by Gasteiger charge is 2.16. The lowest BCUT2D eigenvalue weighted by Crippen LogP contribution is -2.17. The molecule has 0 aliphatic heterocycles. The van der Waals surface area contributed by atoms with Gasteiger partial charge in [0, 0.05) is 5.69 Å². The average molecular weight is 317 g/mol. The Morgan fingerprint density at radius 2 is 1.90 bits per heavy atom. The zero-order valence-corrected chi connectivity index (χ0v) is 12.6. The van der Waals surface area contributed by atoms with Crippen LogP contribution >= 0.6 is 23.2 Å². The minimum Gasteiger partial charge on any atom is -0.399 e. The van der Waals surface area contributed by atoms with Gasteiger partial charge >= 0.3 is 0 Å². The number of nitrogens with two attached hydrogens (primary N) is 1. The molecule has 2 rings (SSSR count). The lowest BCUT2D eigenvalue weighted by atomic mass is 10.2. The van der Waals surface area contributed by atoms with Crippen molar-refractivity contribution in [2.24, 2.45) is 0 Å². The molecular weight excluding hydrogens is 299 g/mol. The number of halogens is 2. The molecule has 4 nitrogen and oxygen atoms in total. The van der Waals surface area contributed by atoms with E-state index in [1.54, 1.807) is 12.1 Å². The highest BCUT2D eigenvalue weighted by molar-refractivity contribution is 6.40. The number of amides is 1. The molecule has 3 N–H and O–H groups in total. The predicted octanol–water partition coefficient (Wildman–Crippen LogP) is 3.86. The Morgan fingerprint density at radius 1 is 1.30 bits per heavy atom. The molecule has 0 atom stereocenters. The Kier molecular flexibility index (Phi) is 5.52. The van der Waals surface area contributed by atoms with Crippen molar-refractivity contribution >= 4 is 40.5 Å². The fourth-order valence-corrected chi connectivity index (χ4v) is 2.89. The summed E-state index contributed by atoms with van der Waals surface area (Å²) in [5.74, 6) is -0.170. The predicted molar refractivity (Wildman–Crippen MR) is 82.3 cm³/mol. The number of carbonyl (C=O) groups excluding carboxylic acids is 1. The number of anilines is 2. The first-order valence-electron chi connectivity index (χ1n) is 6.72. The number of rotatable bonds is 5. The summed E-state index contributed by atoms with van der Waals surface area (Å²) in [6.45, 7) is 0.417. The number of nitrogens with one attached hydrogen (secondary N) is 1. The van der Waals surface area contributed by atoms with Crippen molar-refractivity contribution in [3.8, 4) is 0 Å². The summed E-state index contributed by atoms with van der Waals surface area (Å²) in [6.07, 6.45) is 5.22. The lowest BCUT2D eigenvalue weighted by molar-refractivity contribution is -0.117. The van der Waals surface area contributed by atoms with Crippen molar-refractivity contribution < 1.29 is 9.53 Å². The Bertz CT molecular complexity index is 465. The van der Waals surface area contributed by atoms with Crippen LogP contribution in [0, 0.1) is 0 Å².